The van der Waals surface area contributed by atoms with Crippen molar-refractivity contribution in [3.63, 3.8) is 0 Å². The Morgan fingerprint density at radius 3 is 2.15 bits per heavy atom. The lowest BCUT2D eigenvalue weighted by molar-refractivity contribution is -0.150. The Balaban J connectivity index is 1.57. The van der Waals surface area contributed by atoms with E-state index in [0.717, 1.165) is 5.56 Å². The summed E-state index contributed by atoms with van der Waals surface area (Å²) in [6.45, 7) is 16.1. The largest absolute Gasteiger partial charge is 0.464 e. The molecule has 276 valence electrons. The Kier molecular flexibility index (Phi) is 10.8. The summed E-state index contributed by atoms with van der Waals surface area (Å²) in [6.07, 6.45) is 2.77. The number of benzene rings is 2. The summed E-state index contributed by atoms with van der Waals surface area (Å²) in [5, 5.41) is 10.2. The lowest BCUT2D eigenvalue weighted by Crippen LogP contribution is -2.59. The highest BCUT2D eigenvalue weighted by molar-refractivity contribution is 5.97. The Labute approximate surface area is 304 Å². The number of carbonyl (C=O) groups excluding carboxylic acids is 4. The minimum absolute atomic E-state index is 0.0182. The van der Waals surface area contributed by atoms with E-state index in [2.05, 4.69) is 22.3 Å². The van der Waals surface area contributed by atoms with E-state index in [1.807, 2.05) is 60.7 Å². The third kappa shape index (κ3) is 7.95. The molecule has 2 heterocycles. The maximum Gasteiger partial charge on any atom is 0.408 e. The molecule has 2 fully saturated rings. The number of rotatable bonds is 10. The Morgan fingerprint density at radius 1 is 1.00 bits per heavy atom. The van der Waals surface area contributed by atoms with Crippen molar-refractivity contribution in [3.8, 4) is 22.3 Å². The predicted molar refractivity (Wildman–Crippen MR) is 197 cm³/mol. The van der Waals surface area contributed by atoms with Gasteiger partial charge in [-0.3, -0.25) is 14.4 Å². The van der Waals surface area contributed by atoms with Crippen LogP contribution in [0.2, 0.25) is 0 Å². The number of likely N-dealkylation sites (tertiary alicyclic amines) is 1. The first-order valence-electron chi connectivity index (χ1n) is 17.6. The van der Waals surface area contributed by atoms with Gasteiger partial charge < -0.3 is 25.0 Å². The molecule has 5 rings (SSSR count). The average Bonchev–Trinajstić information content (AvgIpc) is 3.63. The number of nitrogens with one attached hydrogen (secondary N) is 2. The Hall–Kier alpha value is -5.26. The van der Waals surface area contributed by atoms with Gasteiger partial charge in [0.1, 0.15) is 23.2 Å². The molecule has 5 atom stereocenters. The molecule has 1 saturated carbocycles. The van der Waals surface area contributed by atoms with E-state index in [0.29, 0.717) is 23.1 Å². The van der Waals surface area contributed by atoms with Gasteiger partial charge in [-0.1, -0.05) is 87.5 Å². The summed E-state index contributed by atoms with van der Waals surface area (Å²) in [4.78, 5) is 70.9. The van der Waals surface area contributed by atoms with Crippen molar-refractivity contribution in [1.82, 2.24) is 25.3 Å². The van der Waals surface area contributed by atoms with E-state index < -0.39 is 58.6 Å². The van der Waals surface area contributed by atoms with Crippen LogP contribution in [0.4, 0.5) is 4.79 Å². The SMILES string of the molecule is C=C[C@@H]1C[C@]1(NC(=O)[C@@H]1C[C@@H](n2ncc(-c3ccccc3)c(-c3ccccc3)c2=O)CN1C(=O)[C@@H](NC(=O)OC(C)(C)C)C(C)(C)C)C(=O)OCC. The van der Waals surface area contributed by atoms with Gasteiger partial charge in [0.15, 0.2) is 0 Å². The van der Waals surface area contributed by atoms with E-state index in [1.165, 1.54) is 9.58 Å². The van der Waals surface area contributed by atoms with E-state index in [4.69, 9.17) is 9.47 Å². The van der Waals surface area contributed by atoms with E-state index in [9.17, 15) is 24.0 Å². The van der Waals surface area contributed by atoms with Gasteiger partial charge in [0.05, 0.1) is 24.4 Å². The maximum atomic E-state index is 14.6. The first kappa shape index (κ1) is 38.0. The number of amides is 3. The van der Waals surface area contributed by atoms with Crippen LogP contribution >= 0.6 is 0 Å². The lowest BCUT2D eigenvalue weighted by Gasteiger charge is -2.36. The summed E-state index contributed by atoms with van der Waals surface area (Å²) in [5.41, 5.74) is -0.754. The second-order valence-corrected chi connectivity index (χ2v) is 15.5. The third-order valence-electron chi connectivity index (χ3n) is 9.42. The molecule has 1 aromatic heterocycles. The number of ether oxygens (including phenoxy) is 2. The van der Waals surface area contributed by atoms with E-state index in [-0.39, 0.29) is 31.0 Å². The normalized spacial score (nSPS) is 21.8. The molecule has 1 aliphatic carbocycles. The molecule has 52 heavy (non-hydrogen) atoms. The average molecular weight is 712 g/mol. The number of carbonyl (C=O) groups is 4. The summed E-state index contributed by atoms with van der Waals surface area (Å²) < 4.78 is 12.1. The van der Waals surface area contributed by atoms with Gasteiger partial charge in [-0.05, 0) is 50.7 Å². The highest BCUT2D eigenvalue weighted by Gasteiger charge is 2.62. The van der Waals surface area contributed by atoms with Crippen molar-refractivity contribution in [3.05, 3.63) is 89.9 Å². The van der Waals surface area contributed by atoms with Crippen molar-refractivity contribution in [2.45, 2.75) is 90.6 Å². The number of nitrogens with zero attached hydrogens (tertiary/aromatic N) is 3. The zero-order valence-corrected chi connectivity index (χ0v) is 31.0. The second-order valence-electron chi connectivity index (χ2n) is 15.5. The predicted octanol–water partition coefficient (Wildman–Crippen LogP) is 5.28. The van der Waals surface area contributed by atoms with Crippen molar-refractivity contribution >= 4 is 23.9 Å². The van der Waals surface area contributed by atoms with Gasteiger partial charge in [-0.15, -0.1) is 6.58 Å². The van der Waals surface area contributed by atoms with Crippen LogP contribution in [0.1, 0.15) is 67.3 Å². The van der Waals surface area contributed by atoms with Gasteiger partial charge in [0.25, 0.3) is 5.56 Å². The molecule has 2 aliphatic rings. The summed E-state index contributed by atoms with van der Waals surface area (Å²) in [6, 6.07) is 15.8. The van der Waals surface area contributed by atoms with Gasteiger partial charge in [-0.25, -0.2) is 14.3 Å². The molecule has 1 saturated heterocycles. The zero-order valence-electron chi connectivity index (χ0n) is 31.0. The molecule has 0 bridgehead atoms. The van der Waals surface area contributed by atoms with E-state index in [1.54, 1.807) is 60.7 Å². The lowest BCUT2D eigenvalue weighted by atomic mass is 9.85. The topological polar surface area (TPSA) is 149 Å². The fourth-order valence-corrected chi connectivity index (χ4v) is 6.74. The fraction of sp³-hybridized carbons (Fsp3) is 0.450. The van der Waals surface area contributed by atoms with Crippen molar-refractivity contribution in [1.29, 1.82) is 0 Å². The summed E-state index contributed by atoms with van der Waals surface area (Å²) in [7, 11) is 0. The molecule has 0 radical (unpaired) electrons. The quantitative estimate of drug-likeness (QED) is 0.213. The molecule has 2 aromatic carbocycles. The standard InChI is InChI=1S/C40H49N5O7/c1-9-27-22-40(27,36(49)51-10-2)43-33(46)30-21-28(24-44(30)35(48)32(38(3,4)5)42-37(50)52-39(6,7)8)45-34(47)31(26-19-15-12-16-20-26)29(23-41-45)25-17-13-11-14-18-25/h9,11-20,23,27-28,30,32H,1,10,21-22,24H2,2-8H3,(H,42,50)(H,43,46)/t27-,28-,30+,32-,40-/m1/s1. The van der Waals surface area contributed by atoms with Crippen LogP contribution < -0.4 is 16.2 Å². The first-order valence-corrected chi connectivity index (χ1v) is 17.6. The molecule has 3 amide bonds. The zero-order chi connectivity index (χ0) is 38.0. The first-order chi connectivity index (χ1) is 24.5. The third-order valence-corrected chi connectivity index (χ3v) is 9.42. The van der Waals surface area contributed by atoms with Crippen LogP contribution in [-0.2, 0) is 23.9 Å². The van der Waals surface area contributed by atoms with Crippen LogP contribution in [0.5, 0.6) is 0 Å². The van der Waals surface area contributed by atoms with Crippen molar-refractivity contribution in [2.75, 3.05) is 13.2 Å². The van der Waals surface area contributed by atoms with Crippen molar-refractivity contribution in [2.24, 2.45) is 11.3 Å². The van der Waals surface area contributed by atoms with E-state index >= 15 is 0 Å². The second kappa shape index (κ2) is 14.8. The number of aromatic nitrogens is 2. The maximum absolute atomic E-state index is 14.6. The van der Waals surface area contributed by atoms with Crippen molar-refractivity contribution < 1.29 is 28.7 Å². The van der Waals surface area contributed by atoms with Crippen LogP contribution in [0.25, 0.3) is 22.3 Å². The summed E-state index contributed by atoms with van der Waals surface area (Å²) in [5.74, 6) is -2.06. The van der Waals surface area contributed by atoms with Crippen LogP contribution in [0, 0.1) is 11.3 Å². The molecular weight excluding hydrogens is 662 g/mol. The molecule has 12 nitrogen and oxygen atoms in total. The van der Waals surface area contributed by atoms with Gasteiger partial charge in [-0.2, -0.15) is 5.10 Å². The minimum Gasteiger partial charge on any atom is -0.464 e. The van der Waals surface area contributed by atoms with Gasteiger partial charge >= 0.3 is 12.1 Å². The molecule has 3 aromatic rings. The van der Waals surface area contributed by atoms with Crippen LogP contribution in [0.3, 0.4) is 0 Å². The smallest absolute Gasteiger partial charge is 0.408 e. The van der Waals surface area contributed by atoms with Gasteiger partial charge in [0, 0.05) is 24.4 Å². The van der Waals surface area contributed by atoms with Crippen LogP contribution in [-0.4, -0.2) is 74.9 Å². The molecule has 2 N–H and O–H groups in total. The molecule has 0 spiro atoms. The Bertz CT molecular complexity index is 1880. The minimum atomic E-state index is -1.31. The fourth-order valence-electron chi connectivity index (χ4n) is 6.74. The molecule has 12 heteroatoms. The highest BCUT2D eigenvalue weighted by Crippen LogP contribution is 2.46. The number of esters is 1. The summed E-state index contributed by atoms with van der Waals surface area (Å²) >= 11 is 0. The highest BCUT2D eigenvalue weighted by atomic mass is 16.6. The van der Waals surface area contributed by atoms with Gasteiger partial charge in [0.2, 0.25) is 11.8 Å². The number of hydrogen-bond donors (Lipinski definition) is 2. The Morgan fingerprint density at radius 2 is 1.62 bits per heavy atom. The van der Waals surface area contributed by atoms with Crippen LogP contribution in [0.15, 0.2) is 84.3 Å². The molecule has 1 aliphatic heterocycles. The monoisotopic (exact) mass is 711 g/mol. The molecule has 0 unspecified atom stereocenters. The number of hydrogen-bond acceptors (Lipinski definition) is 8. The molecular formula is C40H49N5O7. The number of alkyl carbamates (subject to hydrolysis) is 1.